The number of carbonyl (C=O) groups excluding carboxylic acids is 6. The van der Waals surface area contributed by atoms with E-state index in [4.69, 9.17) is 28.4 Å². The first-order chi connectivity index (χ1) is 28.5. The Bertz CT molecular complexity index is 972. The second kappa shape index (κ2) is 40.8. The molecule has 0 aliphatic carbocycles. The van der Waals surface area contributed by atoms with Gasteiger partial charge >= 0.3 is 0 Å². The van der Waals surface area contributed by atoms with Crippen LogP contribution in [0.4, 0.5) is 0 Å². The van der Waals surface area contributed by atoms with Crippen molar-refractivity contribution in [1.29, 1.82) is 0 Å². The van der Waals surface area contributed by atoms with Gasteiger partial charge in [0.15, 0.2) is 0 Å². The number of methoxy groups -OCH3 is 3. The van der Waals surface area contributed by atoms with E-state index in [1.165, 1.54) is 0 Å². The smallest absolute Gasteiger partial charge is 0.222 e. The largest absolute Gasteiger partial charge is 0.385 e. The lowest BCUT2D eigenvalue weighted by Gasteiger charge is -2.29. The maximum atomic E-state index is 12.5. The van der Waals surface area contributed by atoms with Crippen LogP contribution in [0.5, 0.6) is 0 Å². The Balaban J connectivity index is 4.56. The molecule has 1 unspecified atom stereocenters. The summed E-state index contributed by atoms with van der Waals surface area (Å²) in [6.07, 6.45) is 14.8. The summed E-state index contributed by atoms with van der Waals surface area (Å²) in [5.41, 5.74) is -0.573. The summed E-state index contributed by atoms with van der Waals surface area (Å²) >= 11 is 0. The molecule has 0 saturated carbocycles. The van der Waals surface area contributed by atoms with E-state index in [1.54, 1.807) is 21.3 Å². The Labute approximate surface area is 356 Å². The summed E-state index contributed by atoms with van der Waals surface area (Å²) in [6.45, 7) is 6.56. The van der Waals surface area contributed by atoms with Crippen LogP contribution in [0.25, 0.3) is 0 Å². The van der Waals surface area contributed by atoms with Gasteiger partial charge in [-0.15, -0.1) is 0 Å². The van der Waals surface area contributed by atoms with Crippen molar-refractivity contribution < 1.29 is 57.2 Å². The third-order valence-electron chi connectivity index (χ3n) is 9.81. The first kappa shape index (κ1) is 56.4. The Morgan fingerprint density at radius 1 is 0.356 bits per heavy atom. The topological polar surface area (TPSA) is 182 Å². The van der Waals surface area contributed by atoms with Gasteiger partial charge in [0, 0.05) is 124 Å². The van der Waals surface area contributed by atoms with Crippen molar-refractivity contribution in [2.75, 3.05) is 93.9 Å². The number of hydrogen-bond donors (Lipinski definition) is 2. The zero-order valence-corrected chi connectivity index (χ0v) is 37.4. The maximum absolute atomic E-state index is 12.5. The Morgan fingerprint density at radius 2 is 0.661 bits per heavy atom. The average Bonchev–Trinajstić information content (AvgIpc) is 3.21. The highest BCUT2D eigenvalue weighted by molar-refractivity contribution is 5.79. The molecule has 0 rings (SSSR count). The molecule has 0 aromatic heterocycles. The quantitative estimate of drug-likeness (QED) is 0.0640. The van der Waals surface area contributed by atoms with E-state index in [2.05, 4.69) is 10.6 Å². The molecular weight excluding hydrogens is 760 g/mol. The zero-order chi connectivity index (χ0) is 43.7. The van der Waals surface area contributed by atoms with E-state index < -0.39 is 5.41 Å². The fourth-order valence-electron chi connectivity index (χ4n) is 6.13. The van der Waals surface area contributed by atoms with Crippen LogP contribution in [0.2, 0.25) is 0 Å². The van der Waals surface area contributed by atoms with Crippen LogP contribution in [0.15, 0.2) is 0 Å². The van der Waals surface area contributed by atoms with Crippen molar-refractivity contribution >= 4 is 34.9 Å². The molecule has 0 aromatic carbocycles. The summed E-state index contributed by atoms with van der Waals surface area (Å²) in [5, 5.41) is 5.79. The van der Waals surface area contributed by atoms with Crippen LogP contribution in [-0.2, 0) is 57.2 Å². The van der Waals surface area contributed by atoms with E-state index in [-0.39, 0.29) is 87.4 Å². The fraction of sp³-hybridized carbons (Fsp3) is 0.867. The molecule has 344 valence electrons. The molecule has 0 saturated heterocycles. The van der Waals surface area contributed by atoms with Gasteiger partial charge in [-0.2, -0.15) is 0 Å². The van der Waals surface area contributed by atoms with Crippen molar-refractivity contribution in [3.05, 3.63) is 0 Å². The van der Waals surface area contributed by atoms with Gasteiger partial charge in [0.25, 0.3) is 0 Å². The predicted molar refractivity (Wildman–Crippen MR) is 228 cm³/mol. The third-order valence-corrected chi connectivity index (χ3v) is 9.81. The molecule has 0 aliphatic rings. The summed E-state index contributed by atoms with van der Waals surface area (Å²) in [6, 6.07) is 0. The molecule has 0 radical (unpaired) electrons. The number of unbranched alkanes of at least 4 members (excludes halogenated alkanes) is 7. The number of Topliss-reactive ketones (excluding diaryl/α,β-unsaturated/α-hetero) is 4. The van der Waals surface area contributed by atoms with Gasteiger partial charge in [0.05, 0.1) is 39.6 Å². The highest BCUT2D eigenvalue weighted by Gasteiger charge is 2.26. The third kappa shape index (κ3) is 39.3. The average molecular weight is 843 g/mol. The molecule has 0 aromatic rings. The molecule has 0 bridgehead atoms. The number of hydrogen-bond acceptors (Lipinski definition) is 12. The van der Waals surface area contributed by atoms with Gasteiger partial charge < -0.3 is 39.1 Å². The van der Waals surface area contributed by atoms with Crippen LogP contribution < -0.4 is 10.6 Å². The lowest BCUT2D eigenvalue weighted by atomic mass is 9.94. The molecule has 1 atom stereocenters. The van der Waals surface area contributed by atoms with Gasteiger partial charge in [-0.1, -0.05) is 13.3 Å². The van der Waals surface area contributed by atoms with Crippen LogP contribution in [0.3, 0.4) is 0 Å². The summed E-state index contributed by atoms with van der Waals surface area (Å²) in [7, 11) is 4.96. The van der Waals surface area contributed by atoms with Crippen LogP contribution in [0, 0.1) is 5.41 Å². The minimum Gasteiger partial charge on any atom is -0.385 e. The first-order valence-electron chi connectivity index (χ1n) is 22.4. The van der Waals surface area contributed by atoms with Gasteiger partial charge in [-0.3, -0.25) is 28.8 Å². The minimum atomic E-state index is -0.573. The van der Waals surface area contributed by atoms with Crippen molar-refractivity contribution in [2.45, 2.75) is 155 Å². The van der Waals surface area contributed by atoms with E-state index in [1.807, 2.05) is 6.92 Å². The second-order valence-corrected chi connectivity index (χ2v) is 15.9. The van der Waals surface area contributed by atoms with Gasteiger partial charge in [0.2, 0.25) is 11.8 Å². The Hall–Kier alpha value is -2.62. The SMILES string of the molecule is COCCCCC(=O)CCCCCC(=O)CCOCC(C)(COCCC(=O)CCCCNC(=O)CCCCOC)COCCC(=O)NCCCCC(=O)CCCCOC. The molecule has 2 amide bonds. The lowest BCUT2D eigenvalue weighted by molar-refractivity contribution is -0.123. The van der Waals surface area contributed by atoms with E-state index >= 15 is 0 Å². The van der Waals surface area contributed by atoms with E-state index in [0.717, 1.165) is 77.0 Å². The van der Waals surface area contributed by atoms with E-state index in [9.17, 15) is 28.8 Å². The Morgan fingerprint density at radius 3 is 1.05 bits per heavy atom. The number of amides is 2. The van der Waals surface area contributed by atoms with Gasteiger partial charge in [-0.05, 0) is 77.0 Å². The number of rotatable bonds is 46. The Kier molecular flexibility index (Phi) is 39.0. The van der Waals surface area contributed by atoms with Crippen LogP contribution in [0.1, 0.15) is 155 Å². The van der Waals surface area contributed by atoms with Crippen LogP contribution in [-0.4, -0.2) is 129 Å². The number of ketones is 4. The normalized spacial score (nSPS) is 12.3. The summed E-state index contributed by atoms with van der Waals surface area (Å²) in [5.74, 6) is 0.645. The molecule has 0 fully saturated rings. The molecule has 14 heteroatoms. The van der Waals surface area contributed by atoms with Crippen LogP contribution >= 0.6 is 0 Å². The number of ether oxygens (including phenoxy) is 6. The molecule has 59 heavy (non-hydrogen) atoms. The molecular formula is C45H82N2O12. The maximum Gasteiger partial charge on any atom is 0.222 e. The van der Waals surface area contributed by atoms with Crippen molar-refractivity contribution in [1.82, 2.24) is 10.6 Å². The second-order valence-electron chi connectivity index (χ2n) is 15.9. The van der Waals surface area contributed by atoms with Crippen molar-refractivity contribution in [2.24, 2.45) is 5.41 Å². The molecule has 0 heterocycles. The number of carbonyl (C=O) groups is 6. The fourth-order valence-corrected chi connectivity index (χ4v) is 6.13. The molecule has 0 spiro atoms. The molecule has 14 nitrogen and oxygen atoms in total. The number of nitrogens with one attached hydrogen (secondary N) is 2. The van der Waals surface area contributed by atoms with Gasteiger partial charge in [-0.25, -0.2) is 0 Å². The molecule has 0 aliphatic heterocycles. The highest BCUT2D eigenvalue weighted by Crippen LogP contribution is 2.19. The lowest BCUT2D eigenvalue weighted by Crippen LogP contribution is -2.35. The van der Waals surface area contributed by atoms with E-state index in [0.29, 0.717) is 90.7 Å². The minimum absolute atomic E-state index is 0.0224. The summed E-state index contributed by atoms with van der Waals surface area (Å²) < 4.78 is 32.8. The summed E-state index contributed by atoms with van der Waals surface area (Å²) in [4.78, 5) is 73.3. The first-order valence-corrected chi connectivity index (χ1v) is 22.4. The predicted octanol–water partition coefficient (Wildman–Crippen LogP) is 6.46. The standard InChI is InChI=1S/C45H82N2O12/c1-45(36-57-33-25-41(50)19-7-5-6-18-39(48)22-10-15-30-54-2,37-58-34-26-42(51)21-9-14-28-46-43(52)24-12-17-32-56-4)38-59-35-27-44(53)47-29-13-8-20-40(49)23-11-16-31-55-3/h5-38H2,1-4H3,(H,46,52)(H,47,53). The van der Waals surface area contributed by atoms with Gasteiger partial charge in [0.1, 0.15) is 23.1 Å². The van der Waals surface area contributed by atoms with Crippen molar-refractivity contribution in [3.63, 3.8) is 0 Å². The highest BCUT2D eigenvalue weighted by atomic mass is 16.5. The molecule has 2 N–H and O–H groups in total. The zero-order valence-electron chi connectivity index (χ0n) is 37.4. The van der Waals surface area contributed by atoms with Crippen molar-refractivity contribution in [3.8, 4) is 0 Å². The monoisotopic (exact) mass is 843 g/mol.